The number of benzene rings is 1. The van der Waals surface area contributed by atoms with Gasteiger partial charge in [0, 0.05) is 18.2 Å². The summed E-state index contributed by atoms with van der Waals surface area (Å²) in [5, 5.41) is 10.1. The molecule has 0 bridgehead atoms. The van der Waals surface area contributed by atoms with Crippen molar-refractivity contribution in [1.82, 2.24) is 29.3 Å². The summed E-state index contributed by atoms with van der Waals surface area (Å²) in [4.78, 5) is 8.62. The molecule has 11 heteroatoms. The van der Waals surface area contributed by atoms with Crippen molar-refractivity contribution < 1.29 is 17.6 Å². The Kier molecular flexibility index (Phi) is 6.01. The van der Waals surface area contributed by atoms with Gasteiger partial charge in [0.1, 0.15) is 23.7 Å². The van der Waals surface area contributed by atoms with E-state index in [1.54, 1.807) is 28.3 Å². The molecule has 1 aromatic carbocycles. The number of halogens is 4. The first-order chi connectivity index (χ1) is 17.2. The van der Waals surface area contributed by atoms with Gasteiger partial charge in [-0.3, -0.25) is 0 Å². The predicted molar refractivity (Wildman–Crippen MR) is 126 cm³/mol. The molecule has 0 saturated heterocycles. The van der Waals surface area contributed by atoms with Crippen LogP contribution in [0.3, 0.4) is 0 Å². The number of nitrogens with one attached hydrogen (secondary N) is 1. The molecule has 0 spiro atoms. The Labute approximate surface area is 205 Å². The van der Waals surface area contributed by atoms with E-state index in [1.165, 1.54) is 24.8 Å². The van der Waals surface area contributed by atoms with Gasteiger partial charge in [0.05, 0.1) is 23.3 Å². The molecule has 1 fully saturated rings. The number of hydrogen-bond donors (Lipinski definition) is 1. The number of aromatic nitrogens is 6. The lowest BCUT2D eigenvalue weighted by Crippen LogP contribution is -2.39. The van der Waals surface area contributed by atoms with Crippen LogP contribution in [0.5, 0.6) is 0 Å². The largest absolute Gasteiger partial charge is 0.330 e. The fourth-order valence-corrected chi connectivity index (χ4v) is 4.14. The zero-order chi connectivity index (χ0) is 25.6. The van der Waals surface area contributed by atoms with Gasteiger partial charge in [-0.15, -0.1) is 10.2 Å². The highest BCUT2D eigenvalue weighted by Crippen LogP contribution is 2.40. The molecule has 3 aromatic heterocycles. The zero-order valence-corrected chi connectivity index (χ0v) is 20.0. The average Bonchev–Trinajstić information content (AvgIpc) is 3.35. The van der Waals surface area contributed by atoms with Gasteiger partial charge in [-0.1, -0.05) is 6.07 Å². The summed E-state index contributed by atoms with van der Waals surface area (Å²) in [6, 6.07) is 6.63. The highest BCUT2D eigenvalue weighted by molar-refractivity contribution is 5.55. The van der Waals surface area contributed by atoms with Crippen LogP contribution in [0.4, 0.5) is 23.4 Å². The van der Waals surface area contributed by atoms with Crippen molar-refractivity contribution in [2.75, 3.05) is 5.32 Å². The van der Waals surface area contributed by atoms with Crippen LogP contribution in [-0.2, 0) is 5.79 Å². The summed E-state index contributed by atoms with van der Waals surface area (Å²) in [7, 11) is 0. The smallest absolute Gasteiger partial charge is 0.294 e. The van der Waals surface area contributed by atoms with Gasteiger partial charge in [-0.2, -0.15) is 0 Å². The number of pyridine rings is 1. The summed E-state index contributed by atoms with van der Waals surface area (Å²) in [5.41, 5.74) is 1.17. The molecule has 1 N–H and O–H groups in total. The first-order valence-corrected chi connectivity index (χ1v) is 11.6. The van der Waals surface area contributed by atoms with E-state index in [-0.39, 0.29) is 11.9 Å². The highest BCUT2D eigenvalue weighted by atomic mass is 19.3. The number of hydrogen-bond acceptors (Lipinski definition) is 5. The molecule has 1 atom stereocenters. The van der Waals surface area contributed by atoms with Crippen molar-refractivity contribution in [1.29, 1.82) is 0 Å². The lowest BCUT2D eigenvalue weighted by atomic mass is 10.00. The van der Waals surface area contributed by atoms with Crippen LogP contribution >= 0.6 is 0 Å². The number of anilines is 1. The lowest BCUT2D eigenvalue weighted by Gasteiger charge is -2.28. The van der Waals surface area contributed by atoms with E-state index in [0.29, 0.717) is 28.7 Å². The normalized spacial score (nSPS) is 15.5. The van der Waals surface area contributed by atoms with E-state index in [4.69, 9.17) is 0 Å². The minimum Gasteiger partial charge on any atom is -0.330 e. The molecule has 3 heterocycles. The zero-order valence-electron chi connectivity index (χ0n) is 20.0. The predicted octanol–water partition coefficient (Wildman–Crippen LogP) is 5.93. The second-order valence-electron chi connectivity index (χ2n) is 9.30. The summed E-state index contributed by atoms with van der Waals surface area (Å²) >= 11 is 0. The lowest BCUT2D eigenvalue weighted by molar-refractivity contribution is -0.0213. The Morgan fingerprint density at radius 1 is 1.14 bits per heavy atom. The van der Waals surface area contributed by atoms with Crippen molar-refractivity contribution in [3.8, 4) is 17.2 Å². The fourth-order valence-electron chi connectivity index (χ4n) is 4.14. The molecule has 7 nitrogen and oxygen atoms in total. The van der Waals surface area contributed by atoms with Crippen LogP contribution in [0, 0.1) is 12.7 Å². The molecule has 1 saturated carbocycles. The second kappa shape index (κ2) is 9.03. The average molecular weight is 500 g/mol. The number of aryl methyl sites for hydroxylation is 1. The topological polar surface area (TPSA) is 73.5 Å². The maximum atomic E-state index is 16.0. The molecule has 36 heavy (non-hydrogen) atoms. The third-order valence-corrected chi connectivity index (χ3v) is 6.27. The molecule has 1 aliphatic carbocycles. The third-order valence-electron chi connectivity index (χ3n) is 6.27. The summed E-state index contributed by atoms with van der Waals surface area (Å²) < 4.78 is 62.9. The van der Waals surface area contributed by atoms with Crippen molar-refractivity contribution >= 4 is 5.82 Å². The molecule has 5 rings (SSSR count). The molecule has 0 aliphatic heterocycles. The van der Waals surface area contributed by atoms with Crippen LogP contribution in [0.2, 0.25) is 0 Å². The third kappa shape index (κ3) is 4.33. The molecule has 4 aromatic rings. The minimum atomic E-state index is -3.60. The maximum Gasteiger partial charge on any atom is 0.294 e. The van der Waals surface area contributed by atoms with Crippen LogP contribution in [0.1, 0.15) is 55.5 Å². The van der Waals surface area contributed by atoms with Gasteiger partial charge in [0.2, 0.25) is 0 Å². The van der Waals surface area contributed by atoms with Gasteiger partial charge in [0.25, 0.3) is 12.2 Å². The number of alkyl halides is 3. The first kappa shape index (κ1) is 24.0. The monoisotopic (exact) mass is 499 g/mol. The van der Waals surface area contributed by atoms with Crippen molar-refractivity contribution in [2.24, 2.45) is 0 Å². The van der Waals surface area contributed by atoms with Gasteiger partial charge >= 0.3 is 0 Å². The summed E-state index contributed by atoms with van der Waals surface area (Å²) in [6.07, 6.45) is 3.29. The molecule has 0 radical (unpaired) electrons. The molecule has 1 unspecified atom stereocenters. The van der Waals surface area contributed by atoms with Crippen molar-refractivity contribution in [2.45, 2.75) is 57.8 Å². The summed E-state index contributed by atoms with van der Waals surface area (Å²) in [5.74, 6) is -4.08. The van der Waals surface area contributed by atoms with Gasteiger partial charge in [0.15, 0.2) is 5.82 Å². The molecule has 1 aliphatic rings. The Morgan fingerprint density at radius 3 is 2.61 bits per heavy atom. The molecular weight excluding hydrogens is 474 g/mol. The van der Waals surface area contributed by atoms with E-state index >= 15 is 8.78 Å². The van der Waals surface area contributed by atoms with Crippen LogP contribution < -0.4 is 5.32 Å². The SMILES string of the molecule is Cc1cc(F)c(C(F)(Nc2cccc(-c3nncn3C(C)C)n2)C(F)F)cc1-n1cnc(C2CC2)c1. The van der Waals surface area contributed by atoms with E-state index in [2.05, 4.69) is 25.5 Å². The van der Waals surface area contributed by atoms with Crippen LogP contribution in [-0.4, -0.2) is 35.7 Å². The van der Waals surface area contributed by atoms with E-state index in [0.717, 1.165) is 30.7 Å². The highest BCUT2D eigenvalue weighted by Gasteiger charge is 2.45. The second-order valence-corrected chi connectivity index (χ2v) is 9.30. The first-order valence-electron chi connectivity index (χ1n) is 11.6. The molecule has 0 amide bonds. The quantitative estimate of drug-likeness (QED) is 0.240. The van der Waals surface area contributed by atoms with Gasteiger partial charge < -0.3 is 14.5 Å². The summed E-state index contributed by atoms with van der Waals surface area (Å²) in [6.45, 7) is 5.47. The Bertz CT molecular complexity index is 1390. The van der Waals surface area contributed by atoms with Gasteiger partial charge in [-0.05, 0) is 63.4 Å². The van der Waals surface area contributed by atoms with E-state index in [9.17, 15) is 8.78 Å². The number of imidazole rings is 1. The Balaban J connectivity index is 1.53. The van der Waals surface area contributed by atoms with Gasteiger partial charge in [-0.25, -0.2) is 27.5 Å². The molecule has 188 valence electrons. The van der Waals surface area contributed by atoms with E-state index < -0.39 is 23.6 Å². The number of nitrogens with zero attached hydrogens (tertiary/aromatic N) is 6. The molecular formula is C25H25F4N7. The Morgan fingerprint density at radius 2 is 1.92 bits per heavy atom. The standard InChI is InChI=1S/C25H25F4N7/c1-14(2)36-13-31-34-23(36)19-5-4-6-22(32-19)33-25(29,24(27)28)17-10-21(15(3)9-18(17)26)35-11-20(30-12-35)16-7-8-16/h4-6,9-14,16,24H,7-8H2,1-3H3,(H,32,33). The van der Waals surface area contributed by atoms with E-state index in [1.807, 2.05) is 13.8 Å². The van der Waals surface area contributed by atoms with Crippen molar-refractivity contribution in [3.05, 3.63) is 71.8 Å². The Hall–Kier alpha value is -3.76. The maximum absolute atomic E-state index is 16.0. The fraction of sp³-hybridized carbons (Fsp3) is 0.360. The minimum absolute atomic E-state index is 0.0124. The number of rotatable bonds is 8. The van der Waals surface area contributed by atoms with Crippen LogP contribution in [0.25, 0.3) is 17.2 Å². The van der Waals surface area contributed by atoms with Crippen molar-refractivity contribution in [3.63, 3.8) is 0 Å². The van der Waals surface area contributed by atoms with Crippen LogP contribution in [0.15, 0.2) is 49.2 Å².